The highest BCUT2D eigenvalue weighted by atomic mass is 16.5. The van der Waals surface area contributed by atoms with Gasteiger partial charge in [-0.25, -0.2) is 9.67 Å². The van der Waals surface area contributed by atoms with Crippen molar-refractivity contribution in [3.8, 4) is 11.4 Å². The zero-order valence-electron chi connectivity index (χ0n) is 12.0. The number of methoxy groups -OCH3 is 1. The molecule has 1 atom stereocenters. The first-order valence-corrected chi connectivity index (χ1v) is 7.05. The summed E-state index contributed by atoms with van der Waals surface area (Å²) >= 11 is 0. The van der Waals surface area contributed by atoms with Crippen LogP contribution in [0, 0.1) is 0 Å². The van der Waals surface area contributed by atoms with Gasteiger partial charge < -0.3 is 4.74 Å². The van der Waals surface area contributed by atoms with Crippen molar-refractivity contribution in [1.82, 2.24) is 19.7 Å². The summed E-state index contributed by atoms with van der Waals surface area (Å²) in [4.78, 5) is 6.86. The molecule has 2 heterocycles. The molecule has 0 amide bonds. The number of hydrogen-bond acceptors (Lipinski definition) is 4. The number of aromatic nitrogens is 3. The van der Waals surface area contributed by atoms with E-state index in [0.29, 0.717) is 6.04 Å². The maximum atomic E-state index is 5.44. The summed E-state index contributed by atoms with van der Waals surface area (Å²) in [5.41, 5.74) is 0.946. The summed E-state index contributed by atoms with van der Waals surface area (Å²) in [6.45, 7) is 1.11. The van der Waals surface area contributed by atoms with Gasteiger partial charge >= 0.3 is 0 Å². The standard InChI is InChI=1S/C15H20N4O/c1-18-10-6-5-8-13(18)15-16-11-17-19(15)12-7-3-4-9-14(12)20-2/h3-4,7,9,11,13H,5-6,8,10H2,1-2H3/t13-/m1/s1. The van der Waals surface area contributed by atoms with E-state index in [0.717, 1.165) is 30.2 Å². The lowest BCUT2D eigenvalue weighted by molar-refractivity contribution is 0.177. The van der Waals surface area contributed by atoms with Crippen LogP contribution in [0.15, 0.2) is 30.6 Å². The Kier molecular flexibility index (Phi) is 3.69. The number of rotatable bonds is 3. The van der Waals surface area contributed by atoms with Crippen LogP contribution < -0.4 is 4.74 Å². The SMILES string of the molecule is COc1ccccc1-n1ncnc1[C@H]1CCCCN1C. The highest BCUT2D eigenvalue weighted by Crippen LogP contribution is 2.31. The van der Waals surface area contributed by atoms with Gasteiger partial charge in [0.2, 0.25) is 0 Å². The average Bonchev–Trinajstić information content (AvgIpc) is 2.96. The third-order valence-electron chi connectivity index (χ3n) is 3.96. The number of benzene rings is 1. The van der Waals surface area contributed by atoms with Crippen molar-refractivity contribution in [1.29, 1.82) is 0 Å². The van der Waals surface area contributed by atoms with E-state index in [-0.39, 0.29) is 0 Å². The fourth-order valence-corrected chi connectivity index (χ4v) is 2.87. The molecule has 3 rings (SSSR count). The molecule has 2 aromatic rings. The molecule has 1 aliphatic rings. The smallest absolute Gasteiger partial charge is 0.149 e. The lowest BCUT2D eigenvalue weighted by Gasteiger charge is -2.31. The van der Waals surface area contributed by atoms with Gasteiger partial charge in [0.05, 0.1) is 13.2 Å². The molecule has 5 heteroatoms. The summed E-state index contributed by atoms with van der Waals surface area (Å²) in [6, 6.07) is 8.25. The maximum absolute atomic E-state index is 5.44. The molecule has 0 bridgehead atoms. The van der Waals surface area contributed by atoms with E-state index in [1.165, 1.54) is 12.8 Å². The molecule has 0 radical (unpaired) electrons. The number of para-hydroxylation sites is 2. The third kappa shape index (κ3) is 2.29. The van der Waals surface area contributed by atoms with Gasteiger partial charge in [-0.3, -0.25) is 4.90 Å². The summed E-state index contributed by atoms with van der Waals surface area (Å²) in [6.07, 6.45) is 5.26. The summed E-state index contributed by atoms with van der Waals surface area (Å²) in [5, 5.41) is 4.40. The Morgan fingerprint density at radius 2 is 2.10 bits per heavy atom. The Morgan fingerprint density at radius 3 is 2.90 bits per heavy atom. The number of nitrogens with zero attached hydrogens (tertiary/aromatic N) is 4. The molecule has 0 unspecified atom stereocenters. The van der Waals surface area contributed by atoms with Gasteiger partial charge in [-0.05, 0) is 38.6 Å². The van der Waals surface area contributed by atoms with Crippen LogP contribution in [0.3, 0.4) is 0 Å². The van der Waals surface area contributed by atoms with Crippen molar-refractivity contribution < 1.29 is 4.74 Å². The van der Waals surface area contributed by atoms with Gasteiger partial charge in [0.25, 0.3) is 0 Å². The second kappa shape index (κ2) is 5.63. The Morgan fingerprint density at radius 1 is 1.25 bits per heavy atom. The lowest BCUT2D eigenvalue weighted by Crippen LogP contribution is -2.31. The summed E-state index contributed by atoms with van der Waals surface area (Å²) in [5.74, 6) is 1.81. The largest absolute Gasteiger partial charge is 0.494 e. The number of likely N-dealkylation sites (tertiary alicyclic amines) is 1. The molecular weight excluding hydrogens is 252 g/mol. The van der Waals surface area contributed by atoms with E-state index in [1.807, 2.05) is 28.9 Å². The highest BCUT2D eigenvalue weighted by Gasteiger charge is 2.26. The maximum Gasteiger partial charge on any atom is 0.149 e. The normalized spacial score (nSPS) is 20.0. The molecule has 1 fully saturated rings. The van der Waals surface area contributed by atoms with Gasteiger partial charge in [-0.1, -0.05) is 18.6 Å². The quantitative estimate of drug-likeness (QED) is 0.860. The topological polar surface area (TPSA) is 43.2 Å². The first kappa shape index (κ1) is 13.1. The Bertz CT molecular complexity index is 581. The highest BCUT2D eigenvalue weighted by molar-refractivity contribution is 5.46. The molecule has 0 saturated carbocycles. The molecule has 0 aliphatic carbocycles. The van der Waals surface area contributed by atoms with Crippen LogP contribution in [0.1, 0.15) is 31.1 Å². The molecule has 1 aliphatic heterocycles. The Labute approximate surface area is 119 Å². The minimum Gasteiger partial charge on any atom is -0.494 e. The van der Waals surface area contributed by atoms with Crippen molar-refractivity contribution in [2.24, 2.45) is 0 Å². The van der Waals surface area contributed by atoms with Gasteiger partial charge in [-0.2, -0.15) is 5.10 Å². The third-order valence-corrected chi connectivity index (χ3v) is 3.96. The van der Waals surface area contributed by atoms with Gasteiger partial charge in [-0.15, -0.1) is 0 Å². The van der Waals surface area contributed by atoms with Gasteiger partial charge in [0, 0.05) is 0 Å². The van der Waals surface area contributed by atoms with Crippen LogP contribution in [0.25, 0.3) is 5.69 Å². The number of hydrogen-bond donors (Lipinski definition) is 0. The molecule has 106 valence electrons. The summed E-state index contributed by atoms with van der Waals surface area (Å²) < 4.78 is 7.34. The second-order valence-corrected chi connectivity index (χ2v) is 5.19. The molecule has 0 spiro atoms. The van der Waals surface area contributed by atoms with Crippen LogP contribution in [0.5, 0.6) is 5.75 Å². The van der Waals surface area contributed by atoms with Gasteiger partial charge in [0.1, 0.15) is 23.6 Å². The molecule has 1 aromatic heterocycles. The number of ether oxygens (including phenoxy) is 1. The van der Waals surface area contributed by atoms with Crippen LogP contribution in [0.4, 0.5) is 0 Å². The van der Waals surface area contributed by atoms with Crippen molar-refractivity contribution in [2.75, 3.05) is 20.7 Å². The molecule has 0 N–H and O–H groups in total. The van der Waals surface area contributed by atoms with Crippen molar-refractivity contribution in [3.05, 3.63) is 36.4 Å². The minimum absolute atomic E-state index is 0.330. The van der Waals surface area contributed by atoms with Crippen molar-refractivity contribution in [3.63, 3.8) is 0 Å². The predicted octanol–water partition coefficient (Wildman–Crippen LogP) is 2.43. The van der Waals surface area contributed by atoms with Crippen LogP contribution >= 0.6 is 0 Å². The molecular formula is C15H20N4O. The molecule has 5 nitrogen and oxygen atoms in total. The zero-order valence-corrected chi connectivity index (χ0v) is 12.0. The fourth-order valence-electron chi connectivity index (χ4n) is 2.87. The van der Waals surface area contributed by atoms with Crippen LogP contribution in [0.2, 0.25) is 0 Å². The van der Waals surface area contributed by atoms with E-state index in [4.69, 9.17) is 4.74 Å². The minimum atomic E-state index is 0.330. The van der Waals surface area contributed by atoms with Gasteiger partial charge in [0.15, 0.2) is 0 Å². The lowest BCUT2D eigenvalue weighted by atomic mass is 10.0. The van der Waals surface area contributed by atoms with Crippen LogP contribution in [-0.2, 0) is 0 Å². The van der Waals surface area contributed by atoms with E-state index < -0.39 is 0 Å². The Balaban J connectivity index is 2.01. The van der Waals surface area contributed by atoms with E-state index in [1.54, 1.807) is 13.4 Å². The molecule has 20 heavy (non-hydrogen) atoms. The second-order valence-electron chi connectivity index (χ2n) is 5.19. The number of piperidine rings is 1. The van der Waals surface area contributed by atoms with Crippen molar-refractivity contribution >= 4 is 0 Å². The first-order chi connectivity index (χ1) is 9.81. The van der Waals surface area contributed by atoms with Crippen molar-refractivity contribution in [2.45, 2.75) is 25.3 Å². The summed E-state index contributed by atoms with van der Waals surface area (Å²) in [7, 11) is 3.84. The fraction of sp³-hybridized carbons (Fsp3) is 0.467. The van der Waals surface area contributed by atoms with Crippen LogP contribution in [-0.4, -0.2) is 40.4 Å². The zero-order chi connectivity index (χ0) is 13.9. The predicted molar refractivity (Wildman–Crippen MR) is 77.1 cm³/mol. The molecule has 1 aromatic carbocycles. The first-order valence-electron chi connectivity index (χ1n) is 7.05. The average molecular weight is 272 g/mol. The van der Waals surface area contributed by atoms with E-state index >= 15 is 0 Å². The van der Waals surface area contributed by atoms with E-state index in [2.05, 4.69) is 22.0 Å². The monoisotopic (exact) mass is 272 g/mol. The Hall–Kier alpha value is -1.88. The van der Waals surface area contributed by atoms with E-state index in [9.17, 15) is 0 Å². The molecule has 1 saturated heterocycles.